The number of sulfone groups is 1. The maximum absolute atomic E-state index is 11.7. The molecule has 1 amide bonds. The summed E-state index contributed by atoms with van der Waals surface area (Å²) in [5, 5.41) is 1.92. The summed E-state index contributed by atoms with van der Waals surface area (Å²) in [7, 11) is -3.36. The molecule has 1 aromatic carbocycles. The number of aromatic nitrogens is 2. The third-order valence-corrected chi connectivity index (χ3v) is 8.01. The van der Waals surface area contributed by atoms with Crippen molar-refractivity contribution in [3.63, 3.8) is 0 Å². The van der Waals surface area contributed by atoms with Crippen molar-refractivity contribution in [3.05, 3.63) is 47.8 Å². The van der Waals surface area contributed by atoms with E-state index >= 15 is 0 Å². The van der Waals surface area contributed by atoms with E-state index in [1.807, 2.05) is 25.1 Å². The van der Waals surface area contributed by atoms with Crippen molar-refractivity contribution in [2.24, 2.45) is 16.6 Å². The summed E-state index contributed by atoms with van der Waals surface area (Å²) in [5.74, 6) is 0.611. The van der Waals surface area contributed by atoms with Crippen LogP contribution in [0.4, 0.5) is 0 Å². The molecule has 0 radical (unpaired) electrons. The van der Waals surface area contributed by atoms with Crippen molar-refractivity contribution in [1.82, 2.24) is 9.97 Å². The Morgan fingerprint density at radius 1 is 1.27 bits per heavy atom. The molecule has 3 N–H and O–H groups in total. The summed E-state index contributed by atoms with van der Waals surface area (Å²) in [6.07, 6.45) is 4.01. The minimum absolute atomic E-state index is 0.00427. The smallest absolute Gasteiger partial charge is 0.221 e. The molecule has 3 heterocycles. The number of thioether (sulfide) groups is 1. The Labute approximate surface area is 197 Å². The van der Waals surface area contributed by atoms with Crippen molar-refractivity contribution in [2.75, 3.05) is 12.8 Å². The Bertz CT molecular complexity index is 1330. The number of fused-ring (bicyclic) bond motifs is 1. The van der Waals surface area contributed by atoms with E-state index < -0.39 is 9.84 Å². The first kappa shape index (κ1) is 23.3. The first-order valence-corrected chi connectivity index (χ1v) is 13.5. The van der Waals surface area contributed by atoms with Gasteiger partial charge in [-0.2, -0.15) is 0 Å². The van der Waals surface area contributed by atoms with Crippen LogP contribution in [0.3, 0.4) is 0 Å². The number of aryl methyl sites for hydroxylation is 1. The number of aliphatic imine (C=N–C) groups is 1. The average molecular weight is 487 g/mol. The monoisotopic (exact) mass is 486 g/mol. The van der Waals surface area contributed by atoms with Crippen LogP contribution in [0.5, 0.6) is 11.5 Å². The van der Waals surface area contributed by atoms with Gasteiger partial charge in [0.05, 0.1) is 24.4 Å². The molecule has 174 valence electrons. The van der Waals surface area contributed by atoms with E-state index in [-0.39, 0.29) is 22.1 Å². The molecule has 0 saturated carbocycles. The van der Waals surface area contributed by atoms with E-state index in [0.29, 0.717) is 24.5 Å². The van der Waals surface area contributed by atoms with Gasteiger partial charge in [-0.05, 0) is 48.7 Å². The predicted octanol–water partition coefficient (Wildman–Crippen LogP) is 3.69. The zero-order valence-corrected chi connectivity index (χ0v) is 20.3. The second-order valence-corrected chi connectivity index (χ2v) is 11.2. The van der Waals surface area contributed by atoms with Crippen molar-refractivity contribution in [3.8, 4) is 11.5 Å². The number of ether oxygens (including phenoxy) is 1. The number of benzene rings is 1. The quantitative estimate of drug-likeness (QED) is 0.500. The lowest BCUT2D eigenvalue weighted by Crippen LogP contribution is -2.32. The van der Waals surface area contributed by atoms with Crippen LogP contribution in [0.15, 0.2) is 46.5 Å². The van der Waals surface area contributed by atoms with Crippen molar-refractivity contribution in [1.29, 1.82) is 0 Å². The molecule has 1 aliphatic rings. The molecule has 10 heteroatoms. The first-order valence-electron chi connectivity index (χ1n) is 10.7. The second kappa shape index (κ2) is 9.18. The standard InChI is InChI=1S/C23H26N4O4S2/c1-4-13-8-16(31-15-6-7-20(25-11-15)33(3,29)30)9-14-10-18(27-21(13)14)23-26-12-19(32-23)17(5-2)22(24)28/h6-11,17,19,27H,4-5,12H2,1-3H3,(H2,24,28). The molecule has 0 saturated heterocycles. The molecular formula is C23H26N4O4S2. The summed E-state index contributed by atoms with van der Waals surface area (Å²) in [6, 6.07) is 8.94. The lowest BCUT2D eigenvalue weighted by Gasteiger charge is -2.16. The number of nitrogens with zero attached hydrogens (tertiary/aromatic N) is 2. The van der Waals surface area contributed by atoms with Gasteiger partial charge in [-0.1, -0.05) is 25.6 Å². The highest BCUT2D eigenvalue weighted by atomic mass is 32.2. The zero-order valence-electron chi connectivity index (χ0n) is 18.7. The minimum Gasteiger partial charge on any atom is -0.456 e. The van der Waals surface area contributed by atoms with Crippen molar-refractivity contribution in [2.45, 2.75) is 37.0 Å². The van der Waals surface area contributed by atoms with Gasteiger partial charge in [0.1, 0.15) is 16.5 Å². The number of nitrogens with two attached hydrogens (primary N) is 1. The van der Waals surface area contributed by atoms with E-state index in [1.165, 1.54) is 12.3 Å². The minimum atomic E-state index is -3.36. The van der Waals surface area contributed by atoms with Gasteiger partial charge in [0.25, 0.3) is 0 Å². The van der Waals surface area contributed by atoms with Crippen LogP contribution in [0.2, 0.25) is 0 Å². The number of pyridine rings is 1. The number of carbonyl (C=O) groups is 1. The molecule has 8 nitrogen and oxygen atoms in total. The third-order valence-electron chi connectivity index (χ3n) is 5.65. The lowest BCUT2D eigenvalue weighted by molar-refractivity contribution is -0.121. The van der Waals surface area contributed by atoms with Gasteiger partial charge in [-0.3, -0.25) is 9.79 Å². The van der Waals surface area contributed by atoms with Crippen LogP contribution in [0.1, 0.15) is 31.5 Å². The number of primary amides is 1. The van der Waals surface area contributed by atoms with Gasteiger partial charge in [0.2, 0.25) is 5.91 Å². The summed E-state index contributed by atoms with van der Waals surface area (Å²) in [6.45, 7) is 4.61. The molecular weight excluding hydrogens is 460 g/mol. The maximum Gasteiger partial charge on any atom is 0.221 e. The summed E-state index contributed by atoms with van der Waals surface area (Å²) in [4.78, 5) is 23.9. The van der Waals surface area contributed by atoms with E-state index in [4.69, 9.17) is 10.5 Å². The van der Waals surface area contributed by atoms with Crippen LogP contribution in [-0.2, 0) is 21.1 Å². The summed E-state index contributed by atoms with van der Waals surface area (Å²) < 4.78 is 29.2. The number of aromatic amines is 1. The molecule has 0 spiro atoms. The first-order chi connectivity index (χ1) is 15.7. The highest BCUT2D eigenvalue weighted by Crippen LogP contribution is 2.35. The fraction of sp³-hybridized carbons (Fsp3) is 0.348. The second-order valence-electron chi connectivity index (χ2n) is 8.01. The molecule has 2 atom stereocenters. The maximum atomic E-state index is 11.7. The van der Waals surface area contributed by atoms with Crippen LogP contribution in [0.25, 0.3) is 10.9 Å². The fourth-order valence-electron chi connectivity index (χ4n) is 3.92. The van der Waals surface area contributed by atoms with Gasteiger partial charge < -0.3 is 15.5 Å². The molecule has 33 heavy (non-hydrogen) atoms. The van der Waals surface area contributed by atoms with Crippen molar-refractivity contribution < 1.29 is 17.9 Å². The number of nitrogens with one attached hydrogen (secondary N) is 1. The highest BCUT2D eigenvalue weighted by molar-refractivity contribution is 8.15. The van der Waals surface area contributed by atoms with Gasteiger partial charge >= 0.3 is 0 Å². The highest BCUT2D eigenvalue weighted by Gasteiger charge is 2.31. The van der Waals surface area contributed by atoms with Crippen LogP contribution < -0.4 is 10.5 Å². The molecule has 0 fully saturated rings. The Balaban J connectivity index is 1.59. The largest absolute Gasteiger partial charge is 0.456 e. The zero-order chi connectivity index (χ0) is 23.8. The average Bonchev–Trinajstić information content (AvgIpc) is 3.40. The van der Waals surface area contributed by atoms with E-state index in [2.05, 4.69) is 21.9 Å². The third kappa shape index (κ3) is 4.91. The molecule has 0 bridgehead atoms. The topological polar surface area (TPSA) is 128 Å². The number of amides is 1. The molecule has 3 aromatic rings. The Hall–Kier alpha value is -2.85. The summed E-state index contributed by atoms with van der Waals surface area (Å²) >= 11 is 1.59. The van der Waals surface area contributed by atoms with Crippen LogP contribution in [-0.4, -0.2) is 47.4 Å². The van der Waals surface area contributed by atoms with Gasteiger partial charge in [0, 0.05) is 22.4 Å². The summed E-state index contributed by atoms with van der Waals surface area (Å²) in [5.41, 5.74) is 8.56. The molecule has 2 unspecified atom stereocenters. The van der Waals surface area contributed by atoms with E-state index in [1.54, 1.807) is 17.8 Å². The van der Waals surface area contributed by atoms with E-state index in [0.717, 1.165) is 39.9 Å². The van der Waals surface area contributed by atoms with Crippen molar-refractivity contribution >= 4 is 43.5 Å². The molecule has 4 rings (SSSR count). The van der Waals surface area contributed by atoms with Gasteiger partial charge in [-0.15, -0.1) is 0 Å². The molecule has 0 aliphatic carbocycles. The van der Waals surface area contributed by atoms with E-state index in [9.17, 15) is 13.2 Å². The Kier molecular flexibility index (Phi) is 6.49. The number of hydrogen-bond donors (Lipinski definition) is 2. The van der Waals surface area contributed by atoms with Crippen LogP contribution in [0, 0.1) is 5.92 Å². The van der Waals surface area contributed by atoms with Gasteiger partial charge in [0.15, 0.2) is 14.9 Å². The van der Waals surface area contributed by atoms with Crippen LogP contribution >= 0.6 is 11.8 Å². The fourth-order valence-corrected chi connectivity index (χ4v) is 5.79. The van der Waals surface area contributed by atoms with Gasteiger partial charge in [-0.25, -0.2) is 13.4 Å². The number of hydrogen-bond acceptors (Lipinski definition) is 7. The molecule has 2 aromatic heterocycles. The number of carbonyl (C=O) groups excluding carboxylic acids is 1. The Morgan fingerprint density at radius 2 is 2.06 bits per heavy atom. The molecule has 1 aliphatic heterocycles. The normalized spacial score (nSPS) is 17.2. The number of rotatable bonds is 8. The predicted molar refractivity (Wildman–Crippen MR) is 131 cm³/mol. The SMILES string of the molecule is CCc1cc(Oc2ccc(S(C)(=O)=O)nc2)cc2cc(C3=NCC(C(CC)C(N)=O)S3)[nH]c12. The number of H-pyrrole nitrogens is 1. The Morgan fingerprint density at radius 3 is 2.67 bits per heavy atom. The lowest BCUT2D eigenvalue weighted by atomic mass is 10.0.